The first-order valence-corrected chi connectivity index (χ1v) is 3.28. The summed E-state index contributed by atoms with van der Waals surface area (Å²) in [5.74, 6) is 0. The lowest BCUT2D eigenvalue weighted by Crippen LogP contribution is -2.27. The average molecular weight is 127 g/mol. The van der Waals surface area contributed by atoms with Gasteiger partial charge in [-0.1, -0.05) is 0 Å². The Bertz CT molecular complexity index is 94.5. The van der Waals surface area contributed by atoms with Crippen molar-refractivity contribution in [2.75, 3.05) is 26.2 Å². The van der Waals surface area contributed by atoms with Crippen LogP contribution in [0.5, 0.6) is 0 Å². The van der Waals surface area contributed by atoms with Crippen molar-refractivity contribution >= 4 is 0 Å². The van der Waals surface area contributed by atoms with Crippen molar-refractivity contribution < 1.29 is 0 Å². The van der Waals surface area contributed by atoms with Crippen LogP contribution in [-0.2, 0) is 0 Å². The molecule has 3 nitrogen and oxygen atoms in total. The van der Waals surface area contributed by atoms with Gasteiger partial charge >= 0.3 is 0 Å². The van der Waals surface area contributed by atoms with Gasteiger partial charge in [-0.15, -0.1) is 0 Å². The van der Waals surface area contributed by atoms with Crippen molar-refractivity contribution in [1.82, 2.24) is 10.2 Å². The fraction of sp³-hybridized carbons (Fsp3) is 0.667. The highest BCUT2D eigenvalue weighted by Gasteiger charge is 2.01. The van der Waals surface area contributed by atoms with Crippen LogP contribution in [0.25, 0.3) is 0 Å². The number of hydrogen-bond acceptors (Lipinski definition) is 3. The molecule has 0 radical (unpaired) electrons. The summed E-state index contributed by atoms with van der Waals surface area (Å²) >= 11 is 0. The Balaban J connectivity index is 1.71. The smallest absolute Gasteiger partial charge is 0.0346 e. The largest absolute Gasteiger partial charge is 0.350 e. The zero-order valence-electron chi connectivity index (χ0n) is 5.51. The molecule has 0 unspecified atom stereocenters. The van der Waals surface area contributed by atoms with Crippen molar-refractivity contribution in [3.8, 4) is 0 Å². The van der Waals surface area contributed by atoms with E-state index in [4.69, 9.17) is 5.73 Å². The van der Waals surface area contributed by atoms with E-state index >= 15 is 0 Å². The summed E-state index contributed by atoms with van der Waals surface area (Å²) in [7, 11) is 0. The molecule has 1 heterocycles. The monoisotopic (exact) mass is 127 g/mol. The summed E-state index contributed by atoms with van der Waals surface area (Å²) in [6.45, 7) is 3.77. The van der Waals surface area contributed by atoms with E-state index in [1.807, 2.05) is 0 Å². The molecule has 0 aromatic rings. The third kappa shape index (κ3) is 3.11. The molecular weight excluding hydrogens is 114 g/mol. The van der Waals surface area contributed by atoms with E-state index in [9.17, 15) is 0 Å². The molecule has 3 heteroatoms. The van der Waals surface area contributed by atoms with E-state index in [-0.39, 0.29) is 0 Å². The van der Waals surface area contributed by atoms with E-state index < -0.39 is 0 Å². The van der Waals surface area contributed by atoms with Gasteiger partial charge in [-0.2, -0.15) is 0 Å². The Morgan fingerprint density at radius 1 is 1.33 bits per heavy atom. The molecule has 0 bridgehead atoms. The summed E-state index contributed by atoms with van der Waals surface area (Å²) in [4.78, 5) is 2.14. The van der Waals surface area contributed by atoms with Crippen LogP contribution in [0.3, 0.4) is 0 Å². The van der Waals surface area contributed by atoms with Gasteiger partial charge in [0.05, 0.1) is 0 Å². The zero-order chi connectivity index (χ0) is 6.53. The normalized spacial score (nSPS) is 14.6. The summed E-state index contributed by atoms with van der Waals surface area (Å²) in [5, 5.41) is 3.20. The maximum atomic E-state index is 5.27. The second kappa shape index (κ2) is 3.48. The SMILES string of the molecule is NCCNCCN1C=C1. The molecule has 52 valence electrons. The van der Waals surface area contributed by atoms with Crippen LogP contribution < -0.4 is 11.1 Å². The second-order valence-electron chi connectivity index (χ2n) is 2.07. The van der Waals surface area contributed by atoms with E-state index in [1.165, 1.54) is 0 Å². The van der Waals surface area contributed by atoms with Gasteiger partial charge in [0.25, 0.3) is 0 Å². The molecule has 0 aliphatic carbocycles. The van der Waals surface area contributed by atoms with Crippen molar-refractivity contribution in [3.05, 3.63) is 12.4 Å². The lowest BCUT2D eigenvalue weighted by atomic mass is 10.5. The Kier molecular flexibility index (Phi) is 2.54. The van der Waals surface area contributed by atoms with Crippen molar-refractivity contribution in [2.45, 2.75) is 0 Å². The number of rotatable bonds is 5. The maximum Gasteiger partial charge on any atom is 0.0346 e. The molecule has 1 aliphatic heterocycles. The summed E-state index contributed by atoms with van der Waals surface area (Å²) < 4.78 is 0. The van der Waals surface area contributed by atoms with Gasteiger partial charge in [0.15, 0.2) is 0 Å². The number of nitrogens with two attached hydrogens (primary N) is 1. The third-order valence-electron chi connectivity index (χ3n) is 1.23. The molecule has 9 heavy (non-hydrogen) atoms. The molecular formula is C6H13N3. The predicted molar refractivity (Wildman–Crippen MR) is 37.8 cm³/mol. The topological polar surface area (TPSA) is 41.1 Å². The van der Waals surface area contributed by atoms with E-state index in [0.717, 1.165) is 26.2 Å². The molecule has 0 fully saturated rings. The Hall–Kier alpha value is -0.540. The number of nitrogens with one attached hydrogen (secondary N) is 1. The van der Waals surface area contributed by atoms with Gasteiger partial charge in [-0.25, -0.2) is 0 Å². The summed E-state index contributed by atoms with van der Waals surface area (Å²) in [6.07, 6.45) is 4.12. The van der Waals surface area contributed by atoms with Crippen LogP contribution in [-0.4, -0.2) is 31.1 Å². The lowest BCUT2D eigenvalue weighted by molar-refractivity contribution is 0.555. The molecule has 0 aromatic heterocycles. The van der Waals surface area contributed by atoms with Crippen LogP contribution in [0, 0.1) is 0 Å². The van der Waals surface area contributed by atoms with Gasteiger partial charge < -0.3 is 16.0 Å². The van der Waals surface area contributed by atoms with E-state index in [2.05, 4.69) is 22.6 Å². The molecule has 0 amide bonds. The third-order valence-corrected chi connectivity index (χ3v) is 1.23. The minimum absolute atomic E-state index is 0.730. The zero-order valence-corrected chi connectivity index (χ0v) is 5.51. The first-order chi connectivity index (χ1) is 4.43. The van der Waals surface area contributed by atoms with Gasteiger partial charge in [-0.05, 0) is 0 Å². The molecule has 0 saturated heterocycles. The molecule has 0 saturated carbocycles. The van der Waals surface area contributed by atoms with Gasteiger partial charge in [-0.3, -0.25) is 0 Å². The summed E-state index contributed by atoms with van der Waals surface area (Å²) in [6, 6.07) is 0. The van der Waals surface area contributed by atoms with Gasteiger partial charge in [0.2, 0.25) is 0 Å². The highest BCUT2D eigenvalue weighted by atomic mass is 15.2. The molecule has 1 rings (SSSR count). The molecule has 3 N–H and O–H groups in total. The highest BCUT2D eigenvalue weighted by Crippen LogP contribution is 2.02. The van der Waals surface area contributed by atoms with Crippen LogP contribution in [0.1, 0.15) is 0 Å². The van der Waals surface area contributed by atoms with Crippen LogP contribution >= 0.6 is 0 Å². The summed E-state index contributed by atoms with van der Waals surface area (Å²) in [5.41, 5.74) is 5.27. The average Bonchev–Trinajstić information content (AvgIpc) is 2.63. The van der Waals surface area contributed by atoms with Crippen molar-refractivity contribution in [1.29, 1.82) is 0 Å². The number of nitrogens with zero attached hydrogens (tertiary/aromatic N) is 1. The van der Waals surface area contributed by atoms with Gasteiger partial charge in [0.1, 0.15) is 0 Å². The fourth-order valence-corrected chi connectivity index (χ4v) is 0.631. The lowest BCUT2D eigenvalue weighted by Gasteiger charge is -2.02. The minimum Gasteiger partial charge on any atom is -0.350 e. The van der Waals surface area contributed by atoms with Gasteiger partial charge in [0, 0.05) is 38.6 Å². The first-order valence-electron chi connectivity index (χ1n) is 3.28. The highest BCUT2D eigenvalue weighted by molar-refractivity contribution is 5.00. The standard InChI is InChI=1S/C6H13N3/c7-1-2-8-3-4-9-5-6-9/h5-6,8H,1-4,7H2. The van der Waals surface area contributed by atoms with Crippen LogP contribution in [0.4, 0.5) is 0 Å². The molecule has 0 spiro atoms. The molecule has 0 aromatic carbocycles. The van der Waals surface area contributed by atoms with Crippen molar-refractivity contribution in [3.63, 3.8) is 0 Å². The van der Waals surface area contributed by atoms with Crippen LogP contribution in [0.2, 0.25) is 0 Å². The van der Waals surface area contributed by atoms with E-state index in [0.29, 0.717) is 0 Å². The predicted octanol–water partition coefficient (Wildman–Crippen LogP) is -0.679. The Labute approximate surface area is 55.5 Å². The quantitative estimate of drug-likeness (QED) is 0.481. The first kappa shape index (κ1) is 6.58. The Morgan fingerprint density at radius 3 is 2.67 bits per heavy atom. The second-order valence-corrected chi connectivity index (χ2v) is 2.07. The molecule has 1 aliphatic rings. The van der Waals surface area contributed by atoms with Crippen molar-refractivity contribution in [2.24, 2.45) is 5.73 Å². The van der Waals surface area contributed by atoms with Crippen LogP contribution in [0.15, 0.2) is 12.4 Å². The molecule has 0 atom stereocenters. The fourth-order valence-electron chi connectivity index (χ4n) is 0.631. The number of hydrogen-bond donors (Lipinski definition) is 2. The Morgan fingerprint density at radius 2 is 2.11 bits per heavy atom. The minimum atomic E-state index is 0.730. The maximum absolute atomic E-state index is 5.27. The van der Waals surface area contributed by atoms with E-state index in [1.54, 1.807) is 0 Å².